The van der Waals surface area contributed by atoms with E-state index >= 15 is 0 Å². The van der Waals surface area contributed by atoms with Crippen molar-refractivity contribution >= 4 is 5.82 Å². The van der Waals surface area contributed by atoms with Crippen LogP contribution in [0.4, 0.5) is 5.82 Å². The van der Waals surface area contributed by atoms with Crippen molar-refractivity contribution in [3.8, 4) is 5.95 Å². The van der Waals surface area contributed by atoms with E-state index in [1.165, 1.54) is 0 Å². The van der Waals surface area contributed by atoms with Crippen LogP contribution in [0.1, 0.15) is 5.56 Å². The molecule has 0 saturated heterocycles. The number of rotatable bonds is 0. The number of nitrogens with two attached hydrogens (primary N) is 1. The molecule has 1 aliphatic heterocycles. The maximum atomic E-state index is 5.41. The molecule has 0 spiro atoms. The lowest BCUT2D eigenvalue weighted by Crippen LogP contribution is -1.92. The second kappa shape index (κ2) is 1.40. The fourth-order valence-electron chi connectivity index (χ4n) is 0.895. The van der Waals surface area contributed by atoms with Gasteiger partial charge in [-0.2, -0.15) is 0 Å². The molecule has 0 aromatic carbocycles. The van der Waals surface area contributed by atoms with E-state index in [0.29, 0.717) is 18.4 Å². The van der Waals surface area contributed by atoms with Crippen molar-refractivity contribution in [3.05, 3.63) is 5.56 Å². The monoisotopic (exact) mass is 126 g/mol. The van der Waals surface area contributed by atoms with E-state index in [9.17, 15) is 0 Å². The van der Waals surface area contributed by atoms with E-state index in [1.807, 2.05) is 0 Å². The number of nitrogens with zero attached hydrogens (tertiary/aromatic N) is 1. The van der Waals surface area contributed by atoms with Crippen LogP contribution in [0.15, 0.2) is 4.52 Å². The number of anilines is 1. The molecular formula is C5H6N2O2. The zero-order valence-electron chi connectivity index (χ0n) is 4.76. The van der Waals surface area contributed by atoms with E-state index in [4.69, 9.17) is 15.0 Å². The molecule has 9 heavy (non-hydrogen) atoms. The average molecular weight is 126 g/mol. The third kappa shape index (κ3) is 0.497. The Kier molecular flexibility index (Phi) is 0.726. The molecule has 1 aromatic heterocycles. The number of ether oxygens (including phenoxy) is 1. The summed E-state index contributed by atoms with van der Waals surface area (Å²) in [6.45, 7) is 0.668. The lowest BCUT2D eigenvalue weighted by atomic mass is 10.3. The molecule has 2 heterocycles. The van der Waals surface area contributed by atoms with Crippen LogP contribution in [-0.4, -0.2) is 11.8 Å². The first-order valence-electron chi connectivity index (χ1n) is 2.75. The Morgan fingerprint density at radius 2 is 2.44 bits per heavy atom. The van der Waals surface area contributed by atoms with Crippen molar-refractivity contribution in [2.24, 2.45) is 0 Å². The predicted molar refractivity (Wildman–Crippen MR) is 30.1 cm³/mol. The molecule has 4 nitrogen and oxygen atoms in total. The van der Waals surface area contributed by atoms with Crippen molar-refractivity contribution in [2.45, 2.75) is 6.42 Å². The van der Waals surface area contributed by atoms with Crippen LogP contribution in [0, 0.1) is 0 Å². The maximum absolute atomic E-state index is 5.41. The summed E-state index contributed by atoms with van der Waals surface area (Å²) in [7, 11) is 0. The van der Waals surface area contributed by atoms with Crippen molar-refractivity contribution in [3.63, 3.8) is 0 Å². The SMILES string of the molecule is Nc1noc2c1CCO2. The van der Waals surface area contributed by atoms with E-state index in [2.05, 4.69) is 5.16 Å². The van der Waals surface area contributed by atoms with E-state index in [1.54, 1.807) is 0 Å². The van der Waals surface area contributed by atoms with Crippen LogP contribution in [-0.2, 0) is 6.42 Å². The van der Waals surface area contributed by atoms with Crippen molar-refractivity contribution in [1.29, 1.82) is 0 Å². The molecule has 1 aromatic rings. The molecule has 4 heteroatoms. The van der Waals surface area contributed by atoms with Crippen molar-refractivity contribution in [2.75, 3.05) is 12.3 Å². The van der Waals surface area contributed by atoms with Crippen LogP contribution in [0.5, 0.6) is 5.95 Å². The van der Waals surface area contributed by atoms with Crippen LogP contribution in [0.2, 0.25) is 0 Å². The second-order valence-electron chi connectivity index (χ2n) is 1.93. The van der Waals surface area contributed by atoms with Gasteiger partial charge in [-0.15, -0.1) is 0 Å². The maximum Gasteiger partial charge on any atom is 0.316 e. The molecule has 0 bridgehead atoms. The molecule has 0 radical (unpaired) electrons. The van der Waals surface area contributed by atoms with Crippen LogP contribution in [0.25, 0.3) is 0 Å². The lowest BCUT2D eigenvalue weighted by molar-refractivity contribution is 0.239. The van der Waals surface area contributed by atoms with Crippen molar-refractivity contribution < 1.29 is 9.26 Å². The van der Waals surface area contributed by atoms with Gasteiger partial charge in [-0.25, -0.2) is 0 Å². The number of hydrogen-bond acceptors (Lipinski definition) is 4. The van der Waals surface area contributed by atoms with Gasteiger partial charge in [0, 0.05) is 6.42 Å². The summed E-state index contributed by atoms with van der Waals surface area (Å²) >= 11 is 0. The highest BCUT2D eigenvalue weighted by Crippen LogP contribution is 2.28. The highest BCUT2D eigenvalue weighted by molar-refractivity contribution is 5.45. The third-order valence-electron chi connectivity index (χ3n) is 1.37. The summed E-state index contributed by atoms with van der Waals surface area (Å²) in [6.07, 6.45) is 0.824. The smallest absolute Gasteiger partial charge is 0.316 e. The minimum atomic E-state index is 0.461. The first-order valence-corrected chi connectivity index (χ1v) is 2.75. The van der Waals surface area contributed by atoms with Crippen LogP contribution >= 0.6 is 0 Å². The molecule has 0 amide bonds. The van der Waals surface area contributed by atoms with Gasteiger partial charge >= 0.3 is 5.95 Å². The standard InChI is InChI=1S/C5H6N2O2/c6-4-3-1-2-8-5(3)9-7-4/h1-2H2,(H2,6,7). The molecular weight excluding hydrogens is 120 g/mol. The Morgan fingerprint density at radius 1 is 1.56 bits per heavy atom. The topological polar surface area (TPSA) is 61.3 Å². The molecule has 1 aliphatic rings. The van der Waals surface area contributed by atoms with Gasteiger partial charge in [0.1, 0.15) is 0 Å². The van der Waals surface area contributed by atoms with Crippen LogP contribution < -0.4 is 10.5 Å². The summed E-state index contributed by atoms with van der Waals surface area (Å²) in [5.74, 6) is 0.954. The summed E-state index contributed by atoms with van der Waals surface area (Å²) in [5, 5.41) is 3.52. The highest BCUT2D eigenvalue weighted by atomic mass is 16.6. The fraction of sp³-hybridized carbons (Fsp3) is 0.400. The molecule has 2 N–H and O–H groups in total. The summed E-state index contributed by atoms with van der Waals surface area (Å²) in [4.78, 5) is 0. The summed E-state index contributed by atoms with van der Waals surface area (Å²) in [6, 6.07) is 0. The first-order chi connectivity index (χ1) is 4.38. The summed E-state index contributed by atoms with van der Waals surface area (Å²) in [5.41, 5.74) is 6.32. The molecule has 0 fully saturated rings. The fourth-order valence-corrected chi connectivity index (χ4v) is 0.895. The highest BCUT2D eigenvalue weighted by Gasteiger charge is 2.20. The number of nitrogen functional groups attached to an aromatic ring is 1. The molecule has 0 saturated carbocycles. The normalized spacial score (nSPS) is 15.1. The van der Waals surface area contributed by atoms with Crippen LogP contribution in [0.3, 0.4) is 0 Å². The van der Waals surface area contributed by atoms with Gasteiger partial charge in [0.15, 0.2) is 5.82 Å². The van der Waals surface area contributed by atoms with Gasteiger partial charge in [-0.1, -0.05) is 5.16 Å². The van der Waals surface area contributed by atoms with Gasteiger partial charge in [0.2, 0.25) is 0 Å². The second-order valence-corrected chi connectivity index (χ2v) is 1.93. The first kappa shape index (κ1) is 4.67. The summed E-state index contributed by atoms with van der Waals surface area (Å²) < 4.78 is 9.72. The molecule has 0 unspecified atom stereocenters. The molecule has 0 atom stereocenters. The molecule has 48 valence electrons. The average Bonchev–Trinajstić information content (AvgIpc) is 2.35. The largest absolute Gasteiger partial charge is 0.463 e. The Labute approximate surface area is 51.6 Å². The lowest BCUT2D eigenvalue weighted by Gasteiger charge is -1.84. The Hall–Kier alpha value is -1.19. The van der Waals surface area contributed by atoms with Crippen molar-refractivity contribution in [1.82, 2.24) is 5.16 Å². The van der Waals surface area contributed by atoms with E-state index < -0.39 is 0 Å². The number of hydrogen-bond donors (Lipinski definition) is 1. The number of aromatic nitrogens is 1. The predicted octanol–water partition coefficient (Wildman–Crippen LogP) is 0.192. The zero-order chi connectivity index (χ0) is 6.27. The zero-order valence-corrected chi connectivity index (χ0v) is 4.76. The van der Waals surface area contributed by atoms with Gasteiger partial charge in [0.05, 0.1) is 12.2 Å². The minimum absolute atomic E-state index is 0.461. The Bertz CT molecular complexity index is 231. The van der Waals surface area contributed by atoms with E-state index in [0.717, 1.165) is 12.0 Å². The van der Waals surface area contributed by atoms with Gasteiger partial charge < -0.3 is 15.0 Å². The minimum Gasteiger partial charge on any atom is -0.463 e. The quantitative estimate of drug-likeness (QED) is 0.539. The Balaban J connectivity index is 2.56. The third-order valence-corrected chi connectivity index (χ3v) is 1.37. The van der Waals surface area contributed by atoms with Gasteiger partial charge in [-0.05, 0) is 0 Å². The van der Waals surface area contributed by atoms with E-state index in [-0.39, 0.29) is 0 Å². The van der Waals surface area contributed by atoms with Gasteiger partial charge in [0.25, 0.3) is 0 Å². The molecule has 0 aliphatic carbocycles. The van der Waals surface area contributed by atoms with Gasteiger partial charge in [-0.3, -0.25) is 0 Å². The Morgan fingerprint density at radius 3 is 3.22 bits per heavy atom. The molecule has 2 rings (SSSR count). The number of fused-ring (bicyclic) bond motifs is 1.